The van der Waals surface area contributed by atoms with Crippen molar-refractivity contribution in [2.24, 2.45) is 11.3 Å². The zero-order valence-corrected chi connectivity index (χ0v) is 15.1. The van der Waals surface area contributed by atoms with E-state index in [-0.39, 0.29) is 0 Å². The van der Waals surface area contributed by atoms with Gasteiger partial charge in [0.05, 0.1) is 6.61 Å². The quantitative estimate of drug-likeness (QED) is 0.667. The summed E-state index contributed by atoms with van der Waals surface area (Å²) >= 11 is 0. The van der Waals surface area contributed by atoms with Crippen LogP contribution in [0.4, 0.5) is 0 Å². The van der Waals surface area contributed by atoms with E-state index in [0.29, 0.717) is 11.5 Å². The highest BCUT2D eigenvalue weighted by Gasteiger charge is 2.34. The smallest absolute Gasteiger partial charge is 0.0546 e. The van der Waals surface area contributed by atoms with E-state index in [1.807, 2.05) is 0 Å². The second-order valence-electron chi connectivity index (χ2n) is 7.20. The standard InChI is InChI=1S/C18H38N2O/c1-6-17(7-2)12-20(8-3)14-18(13-19-16(4)5)10-9-11-21-15-18/h16-17,19H,6-15H2,1-5H3. The summed E-state index contributed by atoms with van der Waals surface area (Å²) in [7, 11) is 0. The number of nitrogens with zero attached hydrogens (tertiary/aromatic N) is 1. The van der Waals surface area contributed by atoms with Crippen LogP contribution in [0.5, 0.6) is 0 Å². The van der Waals surface area contributed by atoms with Crippen LogP contribution in [0.1, 0.15) is 60.3 Å². The van der Waals surface area contributed by atoms with Gasteiger partial charge in [0.25, 0.3) is 0 Å². The molecular weight excluding hydrogens is 260 g/mol. The van der Waals surface area contributed by atoms with Crippen molar-refractivity contribution in [1.29, 1.82) is 0 Å². The molecule has 0 amide bonds. The molecule has 1 aliphatic rings. The van der Waals surface area contributed by atoms with Crippen molar-refractivity contribution < 1.29 is 4.74 Å². The van der Waals surface area contributed by atoms with Crippen LogP contribution in [0.15, 0.2) is 0 Å². The van der Waals surface area contributed by atoms with Crippen molar-refractivity contribution >= 4 is 0 Å². The van der Waals surface area contributed by atoms with Gasteiger partial charge in [0, 0.05) is 37.7 Å². The second-order valence-corrected chi connectivity index (χ2v) is 7.20. The Kier molecular flexibility index (Phi) is 8.84. The first-order valence-corrected chi connectivity index (χ1v) is 9.08. The zero-order chi connectivity index (χ0) is 15.7. The third-order valence-electron chi connectivity index (χ3n) is 4.97. The van der Waals surface area contributed by atoms with Gasteiger partial charge in [-0.1, -0.05) is 47.5 Å². The van der Waals surface area contributed by atoms with Crippen LogP contribution in [-0.4, -0.2) is 50.3 Å². The lowest BCUT2D eigenvalue weighted by Gasteiger charge is -2.42. The summed E-state index contributed by atoms with van der Waals surface area (Å²) in [5.41, 5.74) is 0.310. The summed E-state index contributed by atoms with van der Waals surface area (Å²) in [6.07, 6.45) is 5.09. The molecule has 21 heavy (non-hydrogen) atoms. The third kappa shape index (κ3) is 6.66. The average molecular weight is 299 g/mol. The van der Waals surface area contributed by atoms with Crippen LogP contribution in [-0.2, 0) is 4.74 Å². The van der Waals surface area contributed by atoms with E-state index in [1.54, 1.807) is 0 Å². The minimum atomic E-state index is 0.310. The molecule has 3 heteroatoms. The summed E-state index contributed by atoms with van der Waals surface area (Å²) in [5, 5.41) is 3.66. The lowest BCUT2D eigenvalue weighted by atomic mass is 9.81. The van der Waals surface area contributed by atoms with E-state index in [2.05, 4.69) is 44.8 Å². The number of hydrogen-bond acceptors (Lipinski definition) is 3. The second kappa shape index (κ2) is 9.81. The fourth-order valence-electron chi connectivity index (χ4n) is 3.34. The molecule has 1 N–H and O–H groups in total. The Bertz CT molecular complexity index is 258. The maximum Gasteiger partial charge on any atom is 0.0546 e. The van der Waals surface area contributed by atoms with Crippen LogP contribution in [0.3, 0.4) is 0 Å². The monoisotopic (exact) mass is 298 g/mol. The van der Waals surface area contributed by atoms with E-state index in [0.717, 1.165) is 32.2 Å². The summed E-state index contributed by atoms with van der Waals surface area (Å²) in [5.74, 6) is 0.838. The maximum atomic E-state index is 5.85. The van der Waals surface area contributed by atoms with Crippen molar-refractivity contribution in [3.63, 3.8) is 0 Å². The molecule has 0 aromatic heterocycles. The molecule has 1 atom stereocenters. The highest BCUT2D eigenvalue weighted by Crippen LogP contribution is 2.30. The van der Waals surface area contributed by atoms with E-state index < -0.39 is 0 Å². The van der Waals surface area contributed by atoms with Crippen LogP contribution in [0.2, 0.25) is 0 Å². The SMILES string of the molecule is CCC(CC)CN(CC)CC1(CNC(C)C)CCCOC1. The van der Waals surface area contributed by atoms with Gasteiger partial charge in [0.15, 0.2) is 0 Å². The van der Waals surface area contributed by atoms with Gasteiger partial charge in [-0.3, -0.25) is 0 Å². The molecule has 0 bridgehead atoms. The van der Waals surface area contributed by atoms with Gasteiger partial charge in [-0.2, -0.15) is 0 Å². The van der Waals surface area contributed by atoms with Crippen molar-refractivity contribution in [3.05, 3.63) is 0 Å². The minimum Gasteiger partial charge on any atom is -0.381 e. The van der Waals surface area contributed by atoms with Crippen LogP contribution in [0, 0.1) is 11.3 Å². The van der Waals surface area contributed by atoms with Gasteiger partial charge in [0.1, 0.15) is 0 Å². The van der Waals surface area contributed by atoms with E-state index in [4.69, 9.17) is 4.74 Å². The van der Waals surface area contributed by atoms with Crippen LogP contribution in [0.25, 0.3) is 0 Å². The molecule has 1 unspecified atom stereocenters. The highest BCUT2D eigenvalue weighted by molar-refractivity contribution is 4.88. The minimum absolute atomic E-state index is 0.310. The van der Waals surface area contributed by atoms with Gasteiger partial charge < -0.3 is 15.0 Å². The van der Waals surface area contributed by atoms with Crippen molar-refractivity contribution in [3.8, 4) is 0 Å². The van der Waals surface area contributed by atoms with Crippen molar-refractivity contribution in [1.82, 2.24) is 10.2 Å². The van der Waals surface area contributed by atoms with E-state index >= 15 is 0 Å². The number of nitrogens with one attached hydrogen (secondary N) is 1. The fourth-order valence-corrected chi connectivity index (χ4v) is 3.34. The summed E-state index contributed by atoms with van der Waals surface area (Å²) in [6.45, 7) is 17.9. The molecule has 3 nitrogen and oxygen atoms in total. The first kappa shape index (κ1) is 18.9. The fraction of sp³-hybridized carbons (Fsp3) is 1.00. The molecule has 0 aromatic carbocycles. The van der Waals surface area contributed by atoms with Gasteiger partial charge in [-0.15, -0.1) is 0 Å². The number of ether oxygens (including phenoxy) is 1. The predicted octanol–water partition coefficient (Wildman–Crippen LogP) is 3.54. The number of hydrogen-bond donors (Lipinski definition) is 1. The van der Waals surface area contributed by atoms with Crippen molar-refractivity contribution in [2.45, 2.75) is 66.3 Å². The van der Waals surface area contributed by atoms with E-state index in [9.17, 15) is 0 Å². The molecule has 1 saturated heterocycles. The molecule has 0 aliphatic carbocycles. The lowest BCUT2D eigenvalue weighted by Crippen LogP contribution is -2.50. The Labute approximate surface area is 132 Å². The van der Waals surface area contributed by atoms with Crippen LogP contribution >= 0.6 is 0 Å². The third-order valence-corrected chi connectivity index (χ3v) is 4.97. The topological polar surface area (TPSA) is 24.5 Å². The molecule has 0 aromatic rings. The Hall–Kier alpha value is -0.120. The summed E-state index contributed by atoms with van der Waals surface area (Å²) in [6, 6.07) is 0.554. The molecule has 126 valence electrons. The Morgan fingerprint density at radius 3 is 2.38 bits per heavy atom. The molecule has 1 fully saturated rings. The van der Waals surface area contributed by atoms with Crippen LogP contribution < -0.4 is 5.32 Å². The first-order chi connectivity index (χ1) is 10.0. The summed E-state index contributed by atoms with van der Waals surface area (Å²) < 4.78 is 5.85. The molecule has 0 saturated carbocycles. The largest absolute Gasteiger partial charge is 0.381 e. The zero-order valence-electron chi connectivity index (χ0n) is 15.1. The molecule has 0 spiro atoms. The van der Waals surface area contributed by atoms with Gasteiger partial charge in [0.2, 0.25) is 0 Å². The Morgan fingerprint density at radius 2 is 1.90 bits per heavy atom. The Balaban J connectivity index is 2.63. The Morgan fingerprint density at radius 1 is 1.19 bits per heavy atom. The van der Waals surface area contributed by atoms with Gasteiger partial charge in [-0.25, -0.2) is 0 Å². The lowest BCUT2D eigenvalue weighted by molar-refractivity contribution is -0.0284. The predicted molar refractivity (Wildman–Crippen MR) is 91.8 cm³/mol. The average Bonchev–Trinajstić information content (AvgIpc) is 2.50. The molecule has 1 rings (SSSR count). The van der Waals surface area contributed by atoms with Gasteiger partial charge >= 0.3 is 0 Å². The summed E-state index contributed by atoms with van der Waals surface area (Å²) in [4.78, 5) is 2.66. The maximum absolute atomic E-state index is 5.85. The number of rotatable bonds is 10. The first-order valence-electron chi connectivity index (χ1n) is 9.08. The molecule has 0 radical (unpaired) electrons. The molecular formula is C18H38N2O. The van der Waals surface area contributed by atoms with Gasteiger partial charge in [-0.05, 0) is 25.3 Å². The normalized spacial score (nSPS) is 23.4. The van der Waals surface area contributed by atoms with Crippen molar-refractivity contribution in [2.75, 3.05) is 39.4 Å². The molecule has 1 aliphatic heterocycles. The van der Waals surface area contributed by atoms with E-state index in [1.165, 1.54) is 38.8 Å². The molecule has 1 heterocycles. The highest BCUT2D eigenvalue weighted by atomic mass is 16.5.